The Hall–Kier alpha value is -1.35. The third kappa shape index (κ3) is 3.66. The fourth-order valence-corrected chi connectivity index (χ4v) is 1.63. The lowest BCUT2D eigenvalue weighted by Crippen LogP contribution is -2.28. The first-order valence-corrected chi connectivity index (χ1v) is 5.49. The summed E-state index contributed by atoms with van der Waals surface area (Å²) in [6, 6.07) is 6.66. The van der Waals surface area contributed by atoms with Crippen LogP contribution in [-0.2, 0) is 0 Å². The van der Waals surface area contributed by atoms with E-state index in [1.165, 1.54) is 6.07 Å². The lowest BCUT2D eigenvalue weighted by molar-refractivity contribution is 0.627. The molecule has 0 fully saturated rings. The Kier molecular flexibility index (Phi) is 4.99. The van der Waals surface area contributed by atoms with Crippen LogP contribution in [0.5, 0.6) is 0 Å². The normalized spacial score (nSPS) is 10.2. The van der Waals surface area contributed by atoms with Crippen LogP contribution in [0.25, 0.3) is 0 Å². The molecule has 1 N–H and O–H groups in total. The molecule has 0 spiro atoms. The first kappa shape index (κ1) is 12.7. The maximum Gasteiger partial charge on any atom is 0.125 e. The van der Waals surface area contributed by atoms with Crippen LogP contribution in [0.3, 0.4) is 0 Å². The van der Waals surface area contributed by atoms with Crippen LogP contribution in [0.15, 0.2) is 36.4 Å². The van der Waals surface area contributed by atoms with Crippen molar-refractivity contribution in [2.75, 3.05) is 31.6 Å². The summed E-state index contributed by atoms with van der Waals surface area (Å²) >= 11 is 0. The smallest absolute Gasteiger partial charge is 0.125 e. The van der Waals surface area contributed by atoms with E-state index in [4.69, 9.17) is 0 Å². The molecular weight excluding hydrogens is 203 g/mol. The van der Waals surface area contributed by atoms with E-state index in [1.54, 1.807) is 12.1 Å². The van der Waals surface area contributed by atoms with Crippen molar-refractivity contribution in [3.8, 4) is 0 Å². The number of hydrogen-bond acceptors (Lipinski definition) is 2. The third-order valence-electron chi connectivity index (χ3n) is 2.40. The average Bonchev–Trinajstić information content (AvgIpc) is 2.26. The lowest BCUT2D eigenvalue weighted by atomic mass is 10.2. The summed E-state index contributed by atoms with van der Waals surface area (Å²) in [7, 11) is 1.89. The van der Waals surface area contributed by atoms with Crippen LogP contribution in [0.4, 0.5) is 10.1 Å². The molecule has 0 aromatic heterocycles. The highest BCUT2D eigenvalue weighted by Gasteiger charge is 2.06. The summed E-state index contributed by atoms with van der Waals surface area (Å²) in [5, 5.41) is 3.06. The Balaban J connectivity index is 2.70. The zero-order chi connectivity index (χ0) is 12.0. The SMILES string of the molecule is C=C(CNC)CN(CC)c1cccc(F)c1. The number of nitrogens with zero attached hydrogens (tertiary/aromatic N) is 1. The quantitative estimate of drug-likeness (QED) is 0.744. The first-order chi connectivity index (χ1) is 7.67. The van der Waals surface area contributed by atoms with Crippen molar-refractivity contribution in [2.24, 2.45) is 0 Å². The van der Waals surface area contributed by atoms with E-state index < -0.39 is 0 Å². The highest BCUT2D eigenvalue weighted by Crippen LogP contribution is 2.16. The Labute approximate surface area is 96.8 Å². The zero-order valence-electron chi connectivity index (χ0n) is 9.96. The maximum atomic E-state index is 13.1. The van der Waals surface area contributed by atoms with Crippen molar-refractivity contribution in [1.82, 2.24) is 5.32 Å². The number of hydrogen-bond donors (Lipinski definition) is 1. The predicted molar refractivity (Wildman–Crippen MR) is 67.4 cm³/mol. The topological polar surface area (TPSA) is 15.3 Å². The van der Waals surface area contributed by atoms with Crippen LogP contribution >= 0.6 is 0 Å². The van der Waals surface area contributed by atoms with Crippen LogP contribution < -0.4 is 10.2 Å². The molecule has 0 saturated heterocycles. The van der Waals surface area contributed by atoms with Crippen molar-refractivity contribution in [3.05, 3.63) is 42.2 Å². The number of rotatable bonds is 6. The Morgan fingerprint density at radius 2 is 2.25 bits per heavy atom. The summed E-state index contributed by atoms with van der Waals surface area (Å²) in [6.07, 6.45) is 0. The van der Waals surface area contributed by atoms with Gasteiger partial charge in [0, 0.05) is 25.3 Å². The number of nitrogens with one attached hydrogen (secondary N) is 1. The molecule has 0 radical (unpaired) electrons. The largest absolute Gasteiger partial charge is 0.368 e. The van der Waals surface area contributed by atoms with E-state index in [-0.39, 0.29) is 5.82 Å². The number of benzene rings is 1. The molecule has 1 rings (SSSR count). The van der Waals surface area contributed by atoms with Gasteiger partial charge >= 0.3 is 0 Å². The summed E-state index contributed by atoms with van der Waals surface area (Å²) in [4.78, 5) is 2.10. The molecule has 88 valence electrons. The molecule has 0 aliphatic rings. The molecule has 0 aliphatic carbocycles. The highest BCUT2D eigenvalue weighted by molar-refractivity contribution is 5.47. The molecule has 16 heavy (non-hydrogen) atoms. The molecule has 3 heteroatoms. The standard InChI is InChI=1S/C13H19FN2/c1-4-16(10-11(2)9-15-3)13-7-5-6-12(14)8-13/h5-8,15H,2,4,9-10H2,1,3H3. The molecule has 0 heterocycles. The van der Waals surface area contributed by atoms with Gasteiger partial charge in [0.05, 0.1) is 0 Å². The van der Waals surface area contributed by atoms with Crippen LogP contribution in [0.1, 0.15) is 6.92 Å². The Morgan fingerprint density at radius 1 is 1.50 bits per heavy atom. The van der Waals surface area contributed by atoms with Crippen LogP contribution in [0.2, 0.25) is 0 Å². The highest BCUT2D eigenvalue weighted by atomic mass is 19.1. The van der Waals surface area contributed by atoms with Gasteiger partial charge in [-0.05, 0) is 37.7 Å². The summed E-state index contributed by atoms with van der Waals surface area (Å²) < 4.78 is 13.1. The molecule has 1 aromatic carbocycles. The fraction of sp³-hybridized carbons (Fsp3) is 0.385. The van der Waals surface area contributed by atoms with Gasteiger partial charge in [-0.25, -0.2) is 4.39 Å². The molecule has 0 atom stereocenters. The predicted octanol–water partition coefficient (Wildman–Crippen LogP) is 2.43. The Morgan fingerprint density at radius 3 is 2.81 bits per heavy atom. The second-order valence-corrected chi connectivity index (χ2v) is 3.77. The molecular formula is C13H19FN2. The summed E-state index contributed by atoms with van der Waals surface area (Å²) in [5.41, 5.74) is 1.99. The minimum atomic E-state index is -0.199. The van der Waals surface area contributed by atoms with Gasteiger partial charge in [-0.15, -0.1) is 0 Å². The second-order valence-electron chi connectivity index (χ2n) is 3.77. The molecule has 0 unspecified atom stereocenters. The summed E-state index contributed by atoms with van der Waals surface area (Å²) in [6.45, 7) is 8.41. The second kappa shape index (κ2) is 6.28. The van der Waals surface area contributed by atoms with Gasteiger partial charge in [0.2, 0.25) is 0 Å². The molecule has 0 saturated carbocycles. The minimum absolute atomic E-state index is 0.199. The van der Waals surface area contributed by atoms with Crippen molar-refractivity contribution in [2.45, 2.75) is 6.92 Å². The first-order valence-electron chi connectivity index (χ1n) is 5.49. The molecule has 0 aliphatic heterocycles. The lowest BCUT2D eigenvalue weighted by Gasteiger charge is -2.24. The van der Waals surface area contributed by atoms with Gasteiger partial charge in [0.15, 0.2) is 0 Å². The van der Waals surface area contributed by atoms with E-state index in [2.05, 4.69) is 23.7 Å². The van der Waals surface area contributed by atoms with E-state index in [0.29, 0.717) is 0 Å². The average molecular weight is 222 g/mol. The minimum Gasteiger partial charge on any atom is -0.368 e. The van der Waals surface area contributed by atoms with Gasteiger partial charge in [-0.2, -0.15) is 0 Å². The summed E-state index contributed by atoms with van der Waals surface area (Å²) in [5.74, 6) is -0.199. The third-order valence-corrected chi connectivity index (χ3v) is 2.40. The fourth-order valence-electron chi connectivity index (χ4n) is 1.63. The van der Waals surface area contributed by atoms with Gasteiger partial charge in [0.25, 0.3) is 0 Å². The molecule has 1 aromatic rings. The van der Waals surface area contributed by atoms with E-state index >= 15 is 0 Å². The number of likely N-dealkylation sites (N-methyl/N-ethyl adjacent to an activating group) is 2. The van der Waals surface area contributed by atoms with Crippen molar-refractivity contribution in [1.29, 1.82) is 0 Å². The van der Waals surface area contributed by atoms with Crippen molar-refractivity contribution >= 4 is 5.69 Å². The van der Waals surface area contributed by atoms with Gasteiger partial charge in [-0.3, -0.25) is 0 Å². The molecule has 2 nitrogen and oxygen atoms in total. The van der Waals surface area contributed by atoms with E-state index in [0.717, 1.165) is 30.9 Å². The van der Waals surface area contributed by atoms with Crippen LogP contribution in [0, 0.1) is 5.82 Å². The number of anilines is 1. The van der Waals surface area contributed by atoms with E-state index in [1.807, 2.05) is 13.1 Å². The molecule has 0 bridgehead atoms. The maximum absolute atomic E-state index is 13.1. The molecule has 0 amide bonds. The zero-order valence-corrected chi connectivity index (χ0v) is 9.96. The number of halogens is 1. The van der Waals surface area contributed by atoms with Gasteiger partial charge in [0.1, 0.15) is 5.82 Å². The van der Waals surface area contributed by atoms with Crippen LogP contribution in [-0.4, -0.2) is 26.7 Å². The van der Waals surface area contributed by atoms with E-state index in [9.17, 15) is 4.39 Å². The Bertz CT molecular complexity index is 350. The monoisotopic (exact) mass is 222 g/mol. The van der Waals surface area contributed by atoms with Gasteiger partial charge in [-0.1, -0.05) is 12.6 Å². The van der Waals surface area contributed by atoms with Crippen molar-refractivity contribution in [3.63, 3.8) is 0 Å². The van der Waals surface area contributed by atoms with Crippen molar-refractivity contribution < 1.29 is 4.39 Å². The van der Waals surface area contributed by atoms with Gasteiger partial charge < -0.3 is 10.2 Å².